The number of benzene rings is 1. The van der Waals surface area contributed by atoms with Crippen molar-refractivity contribution < 1.29 is 14.3 Å². The molecule has 0 aliphatic heterocycles. The van der Waals surface area contributed by atoms with Crippen LogP contribution < -0.4 is 9.47 Å². The minimum absolute atomic E-state index is 0.162. The van der Waals surface area contributed by atoms with Crippen LogP contribution in [0.4, 0.5) is 0 Å². The predicted molar refractivity (Wildman–Crippen MR) is 114 cm³/mol. The van der Waals surface area contributed by atoms with E-state index in [-0.39, 0.29) is 5.97 Å². The zero-order valence-electron chi connectivity index (χ0n) is 17.4. The first-order valence-corrected chi connectivity index (χ1v) is 10.5. The molecular formula is C24H33NO3. The molecular weight excluding hydrogens is 350 g/mol. The Morgan fingerprint density at radius 1 is 0.964 bits per heavy atom. The third-order valence-electron chi connectivity index (χ3n) is 4.83. The maximum atomic E-state index is 11.9. The zero-order valence-corrected chi connectivity index (χ0v) is 17.4. The number of carbonyl (C=O) groups excluding carboxylic acids is 1. The molecule has 0 spiro atoms. The average molecular weight is 384 g/mol. The Morgan fingerprint density at radius 2 is 1.68 bits per heavy atom. The largest absolute Gasteiger partial charge is 0.492 e. The highest BCUT2D eigenvalue weighted by Gasteiger charge is 2.07. The van der Waals surface area contributed by atoms with E-state index in [0.29, 0.717) is 24.7 Å². The van der Waals surface area contributed by atoms with Crippen molar-refractivity contribution in [2.75, 3.05) is 6.61 Å². The van der Waals surface area contributed by atoms with Gasteiger partial charge in [0.1, 0.15) is 11.5 Å². The van der Waals surface area contributed by atoms with Crippen LogP contribution in [0.2, 0.25) is 0 Å². The molecule has 0 radical (unpaired) electrons. The molecule has 1 atom stereocenters. The topological polar surface area (TPSA) is 48.4 Å². The second-order valence-electron chi connectivity index (χ2n) is 7.37. The summed E-state index contributed by atoms with van der Waals surface area (Å²) >= 11 is 0. The summed E-state index contributed by atoms with van der Waals surface area (Å²) in [5.74, 6) is 1.74. The van der Waals surface area contributed by atoms with E-state index in [1.165, 1.54) is 19.3 Å². The van der Waals surface area contributed by atoms with E-state index < -0.39 is 0 Å². The Hall–Kier alpha value is -2.36. The molecule has 28 heavy (non-hydrogen) atoms. The van der Waals surface area contributed by atoms with Crippen molar-refractivity contribution in [1.29, 1.82) is 0 Å². The van der Waals surface area contributed by atoms with E-state index in [4.69, 9.17) is 9.47 Å². The van der Waals surface area contributed by atoms with Gasteiger partial charge in [0.15, 0.2) is 0 Å². The van der Waals surface area contributed by atoms with Crippen LogP contribution in [-0.2, 0) is 4.79 Å². The lowest BCUT2D eigenvalue weighted by Gasteiger charge is -2.11. The summed E-state index contributed by atoms with van der Waals surface area (Å²) in [4.78, 5) is 16.4. The minimum Gasteiger partial charge on any atom is -0.492 e. The highest BCUT2D eigenvalue weighted by Crippen LogP contribution is 2.23. The van der Waals surface area contributed by atoms with E-state index in [2.05, 4.69) is 25.8 Å². The molecule has 0 saturated carbocycles. The molecule has 4 nitrogen and oxygen atoms in total. The third kappa shape index (κ3) is 7.71. The molecule has 2 rings (SSSR count). The Bertz CT molecular complexity index is 695. The van der Waals surface area contributed by atoms with Gasteiger partial charge < -0.3 is 9.47 Å². The maximum Gasteiger partial charge on any atom is 0.311 e. The van der Waals surface area contributed by atoms with Gasteiger partial charge in [0, 0.05) is 12.0 Å². The van der Waals surface area contributed by atoms with Crippen molar-refractivity contribution in [3.8, 4) is 22.8 Å². The summed E-state index contributed by atoms with van der Waals surface area (Å²) in [6.07, 6.45) is 8.94. The fourth-order valence-corrected chi connectivity index (χ4v) is 2.74. The lowest BCUT2D eigenvalue weighted by molar-refractivity contribution is -0.134. The van der Waals surface area contributed by atoms with Crippen LogP contribution in [0.25, 0.3) is 11.3 Å². The molecule has 1 aromatic heterocycles. The fourth-order valence-electron chi connectivity index (χ4n) is 2.74. The number of unbranched alkanes of at least 4 members (excludes halogenated alkanes) is 4. The Kier molecular flexibility index (Phi) is 9.53. The predicted octanol–water partition coefficient (Wildman–Crippen LogP) is 6.44. The third-order valence-corrected chi connectivity index (χ3v) is 4.83. The molecule has 0 bridgehead atoms. The van der Waals surface area contributed by atoms with Crippen LogP contribution in [0, 0.1) is 5.92 Å². The van der Waals surface area contributed by atoms with E-state index in [1.807, 2.05) is 36.4 Å². The number of hydrogen-bond acceptors (Lipinski definition) is 4. The van der Waals surface area contributed by atoms with E-state index in [0.717, 1.165) is 36.3 Å². The molecule has 1 aromatic carbocycles. The van der Waals surface area contributed by atoms with Crippen molar-refractivity contribution in [2.24, 2.45) is 5.92 Å². The number of aromatic nitrogens is 1. The number of esters is 1. The first-order valence-electron chi connectivity index (χ1n) is 10.5. The smallest absolute Gasteiger partial charge is 0.311 e. The van der Waals surface area contributed by atoms with Gasteiger partial charge in [-0.05, 0) is 48.7 Å². The van der Waals surface area contributed by atoms with Gasteiger partial charge in [-0.25, -0.2) is 0 Å². The SMILES string of the molecule is CCCCCCCC(=O)Oc1ccc(-c2ccc(OCC(C)CC)cn2)cc1. The first kappa shape index (κ1) is 21.9. The number of rotatable bonds is 12. The molecule has 152 valence electrons. The van der Waals surface area contributed by atoms with Crippen molar-refractivity contribution in [3.63, 3.8) is 0 Å². The maximum absolute atomic E-state index is 11.9. The van der Waals surface area contributed by atoms with E-state index >= 15 is 0 Å². The van der Waals surface area contributed by atoms with Crippen molar-refractivity contribution >= 4 is 5.97 Å². The Morgan fingerprint density at radius 3 is 2.32 bits per heavy atom. The highest BCUT2D eigenvalue weighted by molar-refractivity contribution is 5.72. The quantitative estimate of drug-likeness (QED) is 0.240. The second-order valence-corrected chi connectivity index (χ2v) is 7.37. The van der Waals surface area contributed by atoms with Crippen LogP contribution in [0.5, 0.6) is 11.5 Å². The average Bonchev–Trinajstić information content (AvgIpc) is 2.73. The van der Waals surface area contributed by atoms with Crippen LogP contribution in [-0.4, -0.2) is 17.6 Å². The minimum atomic E-state index is -0.162. The summed E-state index contributed by atoms with van der Waals surface area (Å²) in [6.45, 7) is 7.21. The molecule has 0 fully saturated rings. The van der Waals surface area contributed by atoms with Gasteiger partial charge in [-0.3, -0.25) is 9.78 Å². The van der Waals surface area contributed by atoms with Gasteiger partial charge in [-0.15, -0.1) is 0 Å². The zero-order chi connectivity index (χ0) is 20.2. The van der Waals surface area contributed by atoms with Crippen molar-refractivity contribution in [2.45, 2.75) is 65.7 Å². The summed E-state index contributed by atoms with van der Waals surface area (Å²) in [5.41, 5.74) is 1.84. The number of pyridine rings is 1. The van der Waals surface area contributed by atoms with Gasteiger partial charge in [-0.1, -0.05) is 52.9 Å². The van der Waals surface area contributed by atoms with Crippen LogP contribution >= 0.6 is 0 Å². The van der Waals surface area contributed by atoms with Crippen molar-refractivity contribution in [3.05, 3.63) is 42.6 Å². The summed E-state index contributed by atoms with van der Waals surface area (Å²) < 4.78 is 11.2. The number of hydrogen-bond donors (Lipinski definition) is 0. The second kappa shape index (κ2) is 12.2. The monoisotopic (exact) mass is 383 g/mol. The molecule has 0 saturated heterocycles. The molecule has 0 N–H and O–H groups in total. The number of carbonyl (C=O) groups is 1. The number of ether oxygens (including phenoxy) is 2. The van der Waals surface area contributed by atoms with E-state index in [1.54, 1.807) is 6.20 Å². The Labute approximate surface area is 169 Å². The molecule has 0 amide bonds. The van der Waals surface area contributed by atoms with Crippen LogP contribution in [0.3, 0.4) is 0 Å². The first-order chi connectivity index (χ1) is 13.6. The van der Waals surface area contributed by atoms with Gasteiger partial charge in [0.05, 0.1) is 18.5 Å². The van der Waals surface area contributed by atoms with Crippen molar-refractivity contribution in [1.82, 2.24) is 4.98 Å². The molecule has 0 aliphatic rings. The molecule has 0 aliphatic carbocycles. The fraction of sp³-hybridized carbons (Fsp3) is 0.500. The standard InChI is InChI=1S/C24H33NO3/c1-4-6-7-8-9-10-24(26)28-21-13-11-20(12-14-21)23-16-15-22(17-25-23)27-18-19(3)5-2/h11-17,19H,4-10,18H2,1-3H3. The lowest BCUT2D eigenvalue weighted by atomic mass is 10.1. The summed E-state index contributed by atoms with van der Waals surface area (Å²) in [5, 5.41) is 0. The molecule has 1 unspecified atom stereocenters. The number of nitrogens with zero attached hydrogens (tertiary/aromatic N) is 1. The van der Waals surface area contributed by atoms with Crippen LogP contribution in [0.15, 0.2) is 42.6 Å². The molecule has 2 aromatic rings. The Balaban J connectivity index is 1.82. The van der Waals surface area contributed by atoms with Crippen LogP contribution in [0.1, 0.15) is 65.7 Å². The summed E-state index contributed by atoms with van der Waals surface area (Å²) in [6, 6.07) is 11.4. The van der Waals surface area contributed by atoms with Gasteiger partial charge in [0.2, 0.25) is 0 Å². The molecule has 4 heteroatoms. The van der Waals surface area contributed by atoms with Gasteiger partial charge >= 0.3 is 5.97 Å². The normalized spacial score (nSPS) is 11.8. The van der Waals surface area contributed by atoms with Gasteiger partial charge in [0.25, 0.3) is 0 Å². The van der Waals surface area contributed by atoms with Gasteiger partial charge in [-0.2, -0.15) is 0 Å². The highest BCUT2D eigenvalue weighted by atomic mass is 16.5. The summed E-state index contributed by atoms with van der Waals surface area (Å²) in [7, 11) is 0. The molecule has 1 heterocycles. The lowest BCUT2D eigenvalue weighted by Crippen LogP contribution is -2.07. The van der Waals surface area contributed by atoms with E-state index in [9.17, 15) is 4.79 Å².